The van der Waals surface area contributed by atoms with Crippen LogP contribution in [0.3, 0.4) is 0 Å². The maximum atomic E-state index is 12.7. The number of ether oxygens (including phenoxy) is 1. The summed E-state index contributed by atoms with van der Waals surface area (Å²) in [7, 11) is 0. The van der Waals surface area contributed by atoms with Gasteiger partial charge in [0, 0.05) is 11.3 Å². The van der Waals surface area contributed by atoms with Gasteiger partial charge in [-0.25, -0.2) is 9.69 Å². The molecule has 4 rings (SSSR count). The van der Waals surface area contributed by atoms with E-state index in [0.29, 0.717) is 5.69 Å². The molecule has 5 unspecified atom stereocenters. The Morgan fingerprint density at radius 1 is 1.18 bits per heavy atom. The Morgan fingerprint density at radius 2 is 1.95 bits per heavy atom. The average molecular weight is 321 g/mol. The molecule has 1 saturated carbocycles. The van der Waals surface area contributed by atoms with E-state index in [1.807, 2.05) is 6.07 Å². The molecule has 3 aliphatic rings. The fourth-order valence-corrected chi connectivity index (χ4v) is 4.15. The van der Waals surface area contributed by atoms with Crippen molar-refractivity contribution in [3.8, 4) is 0 Å². The summed E-state index contributed by atoms with van der Waals surface area (Å²) in [6, 6.07) is 8.30. The normalized spacial score (nSPS) is 37.5. The van der Waals surface area contributed by atoms with Crippen molar-refractivity contribution >= 4 is 29.2 Å². The van der Waals surface area contributed by atoms with Crippen LogP contribution < -0.4 is 10.2 Å². The number of carbonyl (C=O) groups is 2. The minimum atomic E-state index is -0.602. The molecule has 1 aromatic carbocycles. The third-order valence-electron chi connectivity index (χ3n) is 4.85. The van der Waals surface area contributed by atoms with Crippen LogP contribution in [0.15, 0.2) is 30.3 Å². The van der Waals surface area contributed by atoms with E-state index in [1.165, 1.54) is 4.90 Å². The van der Waals surface area contributed by atoms with Gasteiger partial charge in [-0.3, -0.25) is 4.79 Å². The van der Waals surface area contributed by atoms with Gasteiger partial charge in [-0.15, -0.1) is 11.6 Å². The van der Waals surface area contributed by atoms with Crippen molar-refractivity contribution in [3.05, 3.63) is 30.3 Å². The number of alkyl halides is 1. The lowest BCUT2D eigenvalue weighted by Gasteiger charge is -2.35. The molecule has 1 aromatic rings. The van der Waals surface area contributed by atoms with E-state index in [2.05, 4.69) is 5.32 Å². The van der Waals surface area contributed by atoms with E-state index in [-0.39, 0.29) is 35.4 Å². The van der Waals surface area contributed by atoms with E-state index < -0.39 is 6.10 Å². The van der Waals surface area contributed by atoms with E-state index >= 15 is 0 Å². The highest BCUT2D eigenvalue weighted by Crippen LogP contribution is 2.41. The molecule has 0 aromatic heterocycles. The monoisotopic (exact) mass is 320 g/mol. The summed E-state index contributed by atoms with van der Waals surface area (Å²) < 4.78 is 5.97. The molecule has 0 bridgehead atoms. The van der Waals surface area contributed by atoms with Crippen LogP contribution >= 0.6 is 11.6 Å². The maximum absolute atomic E-state index is 12.7. The van der Waals surface area contributed by atoms with Gasteiger partial charge in [0.05, 0.1) is 17.8 Å². The van der Waals surface area contributed by atoms with Gasteiger partial charge < -0.3 is 10.1 Å². The molecule has 6 heteroatoms. The first-order valence-corrected chi connectivity index (χ1v) is 8.08. The zero-order valence-corrected chi connectivity index (χ0v) is 12.7. The number of amides is 3. The van der Waals surface area contributed by atoms with Crippen molar-refractivity contribution in [2.75, 3.05) is 4.90 Å². The number of anilines is 1. The molecule has 2 heterocycles. The van der Waals surface area contributed by atoms with Crippen molar-refractivity contribution in [2.24, 2.45) is 5.92 Å². The summed E-state index contributed by atoms with van der Waals surface area (Å²) in [6.45, 7) is 0. The number of fused-ring (bicyclic) bond motifs is 3. The number of para-hydroxylation sites is 1. The fraction of sp³-hybridized carbons (Fsp3) is 0.500. The van der Waals surface area contributed by atoms with Crippen molar-refractivity contribution in [1.29, 1.82) is 0 Å². The average Bonchev–Trinajstić information content (AvgIpc) is 2.87. The second-order valence-electron chi connectivity index (χ2n) is 6.15. The summed E-state index contributed by atoms with van der Waals surface area (Å²) in [6.07, 6.45) is 1.94. The topological polar surface area (TPSA) is 58.6 Å². The van der Waals surface area contributed by atoms with Gasteiger partial charge in [0.25, 0.3) is 5.91 Å². The number of rotatable bonds is 1. The Hall–Kier alpha value is -1.59. The van der Waals surface area contributed by atoms with Gasteiger partial charge in [0.2, 0.25) is 0 Å². The first-order valence-electron chi connectivity index (χ1n) is 7.64. The van der Waals surface area contributed by atoms with Gasteiger partial charge in [-0.1, -0.05) is 18.2 Å². The SMILES string of the molecule is O=C1NC2C(OC3CCC(Cl)CC32)C(=O)N1c1ccccc1. The Labute approximate surface area is 133 Å². The summed E-state index contributed by atoms with van der Waals surface area (Å²) in [5, 5.41) is 3.06. The smallest absolute Gasteiger partial charge is 0.329 e. The standard InChI is InChI=1S/C16H17ClN2O3/c17-9-6-7-12-11(8-9)13-14(22-12)15(20)19(16(21)18-13)10-4-2-1-3-5-10/h1-5,9,11-14H,6-8H2,(H,18,21). The fourth-order valence-electron chi connectivity index (χ4n) is 3.82. The Balaban J connectivity index is 1.63. The summed E-state index contributed by atoms with van der Waals surface area (Å²) in [4.78, 5) is 26.3. The lowest BCUT2D eigenvalue weighted by Crippen LogP contribution is -2.63. The molecule has 116 valence electrons. The number of imide groups is 1. The maximum Gasteiger partial charge on any atom is 0.329 e. The number of nitrogens with zero attached hydrogens (tertiary/aromatic N) is 1. The van der Waals surface area contributed by atoms with E-state index in [0.717, 1.165) is 19.3 Å². The molecule has 22 heavy (non-hydrogen) atoms. The molecule has 2 aliphatic heterocycles. The van der Waals surface area contributed by atoms with Crippen LogP contribution in [0, 0.1) is 5.92 Å². The lowest BCUT2D eigenvalue weighted by atomic mass is 9.81. The largest absolute Gasteiger partial charge is 0.363 e. The van der Waals surface area contributed by atoms with Gasteiger partial charge in [0.1, 0.15) is 0 Å². The minimum Gasteiger partial charge on any atom is -0.363 e. The Morgan fingerprint density at radius 3 is 2.73 bits per heavy atom. The minimum absolute atomic E-state index is 0.0185. The molecule has 0 radical (unpaired) electrons. The van der Waals surface area contributed by atoms with E-state index in [1.54, 1.807) is 24.3 Å². The number of hydrogen-bond donors (Lipinski definition) is 1. The first-order chi connectivity index (χ1) is 10.6. The van der Waals surface area contributed by atoms with Gasteiger partial charge in [-0.2, -0.15) is 0 Å². The number of urea groups is 1. The van der Waals surface area contributed by atoms with Crippen molar-refractivity contribution < 1.29 is 14.3 Å². The molecule has 1 N–H and O–H groups in total. The van der Waals surface area contributed by atoms with Crippen molar-refractivity contribution in [2.45, 2.75) is 42.9 Å². The Kier molecular flexibility index (Phi) is 3.35. The molecule has 5 atom stereocenters. The highest BCUT2D eigenvalue weighted by Gasteiger charge is 2.55. The summed E-state index contributed by atoms with van der Waals surface area (Å²) in [5.74, 6) is -0.146. The predicted molar refractivity (Wildman–Crippen MR) is 81.9 cm³/mol. The number of nitrogens with one attached hydrogen (secondary N) is 1. The highest BCUT2D eigenvalue weighted by atomic mass is 35.5. The lowest BCUT2D eigenvalue weighted by molar-refractivity contribution is -0.130. The van der Waals surface area contributed by atoms with Crippen LogP contribution in [0.2, 0.25) is 0 Å². The number of benzene rings is 1. The van der Waals surface area contributed by atoms with Crippen LogP contribution in [0.4, 0.5) is 10.5 Å². The number of carbonyl (C=O) groups excluding carboxylic acids is 2. The predicted octanol–water partition coefficient (Wildman–Crippen LogP) is 2.29. The van der Waals surface area contributed by atoms with E-state index in [9.17, 15) is 9.59 Å². The third kappa shape index (κ3) is 2.11. The molecular formula is C16H17ClN2O3. The molecule has 1 aliphatic carbocycles. The number of hydrogen-bond acceptors (Lipinski definition) is 3. The van der Waals surface area contributed by atoms with Gasteiger partial charge in [0.15, 0.2) is 6.10 Å². The van der Waals surface area contributed by atoms with Crippen LogP contribution in [0.5, 0.6) is 0 Å². The molecule has 2 saturated heterocycles. The molecule has 0 spiro atoms. The second kappa shape index (κ2) is 5.25. The van der Waals surface area contributed by atoms with Crippen LogP contribution in [-0.2, 0) is 9.53 Å². The quantitative estimate of drug-likeness (QED) is 0.808. The van der Waals surface area contributed by atoms with Crippen LogP contribution in [0.25, 0.3) is 0 Å². The first kappa shape index (κ1) is 14.0. The van der Waals surface area contributed by atoms with Crippen molar-refractivity contribution in [3.63, 3.8) is 0 Å². The zero-order valence-electron chi connectivity index (χ0n) is 11.9. The number of halogens is 1. The Bertz CT molecular complexity index is 609. The zero-order chi connectivity index (χ0) is 15.3. The molecular weight excluding hydrogens is 304 g/mol. The van der Waals surface area contributed by atoms with Crippen LogP contribution in [0.1, 0.15) is 19.3 Å². The molecule has 3 amide bonds. The van der Waals surface area contributed by atoms with Gasteiger partial charge >= 0.3 is 6.03 Å². The molecule has 3 fully saturated rings. The van der Waals surface area contributed by atoms with Crippen LogP contribution in [-0.4, -0.2) is 35.6 Å². The third-order valence-corrected chi connectivity index (χ3v) is 5.25. The summed E-state index contributed by atoms with van der Waals surface area (Å²) in [5.41, 5.74) is 0.567. The van der Waals surface area contributed by atoms with Gasteiger partial charge in [-0.05, 0) is 31.4 Å². The highest BCUT2D eigenvalue weighted by molar-refractivity contribution is 6.20. The second-order valence-corrected chi connectivity index (χ2v) is 6.77. The van der Waals surface area contributed by atoms with E-state index in [4.69, 9.17) is 16.3 Å². The molecule has 5 nitrogen and oxygen atoms in total. The van der Waals surface area contributed by atoms with Crippen molar-refractivity contribution in [1.82, 2.24) is 5.32 Å². The summed E-state index contributed by atoms with van der Waals surface area (Å²) >= 11 is 6.25.